The van der Waals surface area contributed by atoms with Gasteiger partial charge in [0.1, 0.15) is 11.6 Å². The number of rotatable bonds is 6. The fourth-order valence-corrected chi connectivity index (χ4v) is 2.36. The summed E-state index contributed by atoms with van der Waals surface area (Å²) in [6, 6.07) is 2.70. The van der Waals surface area contributed by atoms with Gasteiger partial charge in [0.15, 0.2) is 0 Å². The van der Waals surface area contributed by atoms with Crippen LogP contribution in [0, 0.1) is 17.6 Å². The quantitative estimate of drug-likeness (QED) is 0.830. The van der Waals surface area contributed by atoms with E-state index in [-0.39, 0.29) is 24.1 Å². The molecular weight excluding hydrogens is 294 g/mol. The summed E-state index contributed by atoms with van der Waals surface area (Å²) in [4.78, 5) is 23.5. The van der Waals surface area contributed by atoms with Gasteiger partial charge < -0.3 is 15.4 Å². The predicted octanol–water partition coefficient (Wildman–Crippen LogP) is 1.24. The van der Waals surface area contributed by atoms with E-state index in [0.717, 1.165) is 25.0 Å². The van der Waals surface area contributed by atoms with Crippen LogP contribution in [0.5, 0.6) is 0 Å². The second-order valence-electron chi connectivity index (χ2n) is 5.27. The molecule has 1 saturated carbocycles. The molecule has 2 N–H and O–H groups in total. The SMILES string of the molecule is COC[C@H]1CC[C@H]1NC(=O)CNC(=O)c1ccc(F)cc1F. The zero-order valence-corrected chi connectivity index (χ0v) is 12.2. The highest BCUT2D eigenvalue weighted by Gasteiger charge is 2.31. The van der Waals surface area contributed by atoms with E-state index < -0.39 is 17.5 Å². The highest BCUT2D eigenvalue weighted by atomic mass is 19.1. The Kier molecular flexibility index (Phi) is 5.43. The van der Waals surface area contributed by atoms with E-state index >= 15 is 0 Å². The van der Waals surface area contributed by atoms with Crippen LogP contribution < -0.4 is 10.6 Å². The van der Waals surface area contributed by atoms with Gasteiger partial charge in [0.2, 0.25) is 5.91 Å². The number of hydrogen-bond acceptors (Lipinski definition) is 3. The Morgan fingerprint density at radius 3 is 2.68 bits per heavy atom. The van der Waals surface area contributed by atoms with Gasteiger partial charge in [0.25, 0.3) is 5.91 Å². The summed E-state index contributed by atoms with van der Waals surface area (Å²) in [5, 5.41) is 5.11. The second kappa shape index (κ2) is 7.31. The largest absolute Gasteiger partial charge is 0.384 e. The first-order valence-corrected chi connectivity index (χ1v) is 7.03. The molecule has 0 aliphatic heterocycles. The summed E-state index contributed by atoms with van der Waals surface area (Å²) in [5.41, 5.74) is -0.296. The van der Waals surface area contributed by atoms with Crippen LogP contribution in [0.4, 0.5) is 8.78 Å². The van der Waals surface area contributed by atoms with Crippen molar-refractivity contribution < 1.29 is 23.1 Å². The normalized spacial score (nSPS) is 20.1. The van der Waals surface area contributed by atoms with Crippen molar-refractivity contribution in [3.8, 4) is 0 Å². The third-order valence-electron chi connectivity index (χ3n) is 3.73. The molecular formula is C15H18F2N2O3. The number of methoxy groups -OCH3 is 1. The molecule has 0 aromatic heterocycles. The summed E-state index contributed by atoms with van der Waals surface area (Å²) >= 11 is 0. The number of nitrogens with one attached hydrogen (secondary N) is 2. The first-order valence-electron chi connectivity index (χ1n) is 7.03. The molecule has 5 nitrogen and oxygen atoms in total. The van der Waals surface area contributed by atoms with Crippen LogP contribution in [0.1, 0.15) is 23.2 Å². The van der Waals surface area contributed by atoms with Crippen molar-refractivity contribution in [2.24, 2.45) is 5.92 Å². The maximum atomic E-state index is 13.4. The number of hydrogen-bond donors (Lipinski definition) is 2. The second-order valence-corrected chi connectivity index (χ2v) is 5.27. The minimum Gasteiger partial charge on any atom is -0.384 e. The summed E-state index contributed by atoms with van der Waals surface area (Å²) in [6.45, 7) is 0.323. The Morgan fingerprint density at radius 2 is 2.09 bits per heavy atom. The molecule has 120 valence electrons. The van der Waals surface area contributed by atoms with E-state index in [1.165, 1.54) is 0 Å². The predicted molar refractivity (Wildman–Crippen MR) is 75.2 cm³/mol. The van der Waals surface area contributed by atoms with Gasteiger partial charge in [-0.2, -0.15) is 0 Å². The van der Waals surface area contributed by atoms with Crippen molar-refractivity contribution in [3.63, 3.8) is 0 Å². The lowest BCUT2D eigenvalue weighted by Gasteiger charge is -2.36. The first-order chi connectivity index (χ1) is 10.5. The Morgan fingerprint density at radius 1 is 1.32 bits per heavy atom. The zero-order valence-electron chi connectivity index (χ0n) is 12.2. The fourth-order valence-electron chi connectivity index (χ4n) is 2.36. The van der Waals surface area contributed by atoms with Crippen LogP contribution in [0.2, 0.25) is 0 Å². The van der Waals surface area contributed by atoms with E-state index in [2.05, 4.69) is 10.6 Å². The molecule has 2 rings (SSSR count). The van der Waals surface area contributed by atoms with Gasteiger partial charge in [-0.15, -0.1) is 0 Å². The molecule has 7 heteroatoms. The van der Waals surface area contributed by atoms with Crippen molar-refractivity contribution in [3.05, 3.63) is 35.4 Å². The molecule has 0 bridgehead atoms. The molecule has 2 amide bonds. The van der Waals surface area contributed by atoms with Gasteiger partial charge in [-0.1, -0.05) is 0 Å². The molecule has 1 aromatic rings. The monoisotopic (exact) mass is 312 g/mol. The minimum atomic E-state index is -0.961. The number of carbonyl (C=O) groups is 2. The molecule has 0 saturated heterocycles. The van der Waals surface area contributed by atoms with Crippen molar-refractivity contribution >= 4 is 11.8 Å². The lowest BCUT2D eigenvalue weighted by Crippen LogP contribution is -2.51. The Hall–Kier alpha value is -2.02. The third kappa shape index (κ3) is 4.00. The first kappa shape index (κ1) is 16.4. The van der Waals surface area contributed by atoms with Gasteiger partial charge in [-0.05, 0) is 25.0 Å². The molecule has 0 unspecified atom stereocenters. The van der Waals surface area contributed by atoms with Crippen molar-refractivity contribution in [2.45, 2.75) is 18.9 Å². The Labute approximate surface area is 127 Å². The summed E-state index contributed by atoms with van der Waals surface area (Å²) < 4.78 is 31.2. The van der Waals surface area contributed by atoms with Gasteiger partial charge >= 0.3 is 0 Å². The standard InChI is InChI=1S/C15H18F2N2O3/c1-22-8-9-2-5-13(9)19-14(20)7-18-15(21)11-4-3-10(16)6-12(11)17/h3-4,6,9,13H,2,5,7-8H2,1H3,(H,18,21)(H,19,20)/t9-,13-/m1/s1. The summed E-state index contributed by atoms with van der Waals surface area (Å²) in [7, 11) is 1.61. The lowest BCUT2D eigenvalue weighted by molar-refractivity contribution is -0.122. The maximum absolute atomic E-state index is 13.4. The molecule has 2 atom stereocenters. The van der Waals surface area contributed by atoms with Gasteiger partial charge in [-0.25, -0.2) is 8.78 Å². The molecule has 1 fully saturated rings. The van der Waals surface area contributed by atoms with Crippen molar-refractivity contribution in [2.75, 3.05) is 20.3 Å². The average molecular weight is 312 g/mol. The van der Waals surface area contributed by atoms with Gasteiger partial charge in [-0.3, -0.25) is 9.59 Å². The molecule has 0 radical (unpaired) electrons. The average Bonchev–Trinajstić information content (AvgIpc) is 2.46. The van der Waals surface area contributed by atoms with Crippen molar-refractivity contribution in [1.82, 2.24) is 10.6 Å². The Bertz CT molecular complexity index is 566. The highest BCUT2D eigenvalue weighted by molar-refractivity contribution is 5.96. The molecule has 1 aliphatic rings. The Balaban J connectivity index is 1.79. The fraction of sp³-hybridized carbons (Fsp3) is 0.467. The molecule has 1 aromatic carbocycles. The van der Waals surface area contributed by atoms with Gasteiger partial charge in [0.05, 0.1) is 18.7 Å². The van der Waals surface area contributed by atoms with E-state index in [4.69, 9.17) is 4.74 Å². The van der Waals surface area contributed by atoms with Crippen LogP contribution in [0.3, 0.4) is 0 Å². The van der Waals surface area contributed by atoms with Crippen LogP contribution in [0.15, 0.2) is 18.2 Å². The van der Waals surface area contributed by atoms with Crippen LogP contribution >= 0.6 is 0 Å². The topological polar surface area (TPSA) is 67.4 Å². The number of carbonyl (C=O) groups excluding carboxylic acids is 2. The molecule has 1 aliphatic carbocycles. The number of benzene rings is 1. The summed E-state index contributed by atoms with van der Waals surface area (Å²) in [5.74, 6) is -2.53. The van der Waals surface area contributed by atoms with E-state index in [1.807, 2.05) is 0 Å². The molecule has 0 spiro atoms. The smallest absolute Gasteiger partial charge is 0.254 e. The molecule has 22 heavy (non-hydrogen) atoms. The molecule has 0 heterocycles. The van der Waals surface area contributed by atoms with Crippen LogP contribution in [0.25, 0.3) is 0 Å². The third-order valence-corrected chi connectivity index (χ3v) is 3.73. The van der Waals surface area contributed by atoms with Crippen LogP contribution in [-0.4, -0.2) is 38.1 Å². The maximum Gasteiger partial charge on any atom is 0.254 e. The number of amides is 2. The minimum absolute atomic E-state index is 0.0481. The van der Waals surface area contributed by atoms with Crippen molar-refractivity contribution in [1.29, 1.82) is 0 Å². The van der Waals surface area contributed by atoms with Crippen LogP contribution in [-0.2, 0) is 9.53 Å². The lowest BCUT2D eigenvalue weighted by atomic mass is 9.80. The highest BCUT2D eigenvalue weighted by Crippen LogP contribution is 2.27. The summed E-state index contributed by atoms with van der Waals surface area (Å²) in [6.07, 6.45) is 1.87. The van der Waals surface area contributed by atoms with E-state index in [1.54, 1.807) is 7.11 Å². The van der Waals surface area contributed by atoms with E-state index in [0.29, 0.717) is 18.6 Å². The van der Waals surface area contributed by atoms with Gasteiger partial charge in [0, 0.05) is 25.1 Å². The number of ether oxygens (including phenoxy) is 1. The zero-order chi connectivity index (χ0) is 16.1. The van der Waals surface area contributed by atoms with E-state index in [9.17, 15) is 18.4 Å². The number of halogens is 2.